The van der Waals surface area contributed by atoms with E-state index in [4.69, 9.17) is 4.42 Å². The molecule has 1 aromatic carbocycles. The van der Waals surface area contributed by atoms with Crippen LogP contribution in [0.25, 0.3) is 0 Å². The average Bonchev–Trinajstić information content (AvgIpc) is 3.02. The van der Waals surface area contributed by atoms with Crippen LogP contribution < -0.4 is 5.32 Å². The van der Waals surface area contributed by atoms with E-state index >= 15 is 0 Å². The number of hydrogen-bond acceptors (Lipinski definition) is 3. The molecule has 1 aliphatic heterocycles. The summed E-state index contributed by atoms with van der Waals surface area (Å²) in [6.07, 6.45) is 4.92. The van der Waals surface area contributed by atoms with Gasteiger partial charge in [0.2, 0.25) is 5.91 Å². The van der Waals surface area contributed by atoms with E-state index in [2.05, 4.69) is 10.2 Å². The van der Waals surface area contributed by atoms with Gasteiger partial charge in [-0.2, -0.15) is 0 Å². The molecule has 1 amide bonds. The van der Waals surface area contributed by atoms with Crippen molar-refractivity contribution in [1.82, 2.24) is 10.2 Å². The summed E-state index contributed by atoms with van der Waals surface area (Å²) < 4.78 is 18.6. The number of nitrogens with one attached hydrogen (secondary N) is 1. The second-order valence-corrected chi connectivity index (χ2v) is 7.02. The van der Waals surface area contributed by atoms with Gasteiger partial charge in [0.25, 0.3) is 0 Å². The zero-order valence-electron chi connectivity index (χ0n) is 14.2. The Bertz CT molecular complexity index is 708. The van der Waals surface area contributed by atoms with Crippen LogP contribution in [0.3, 0.4) is 0 Å². The second-order valence-electron chi connectivity index (χ2n) is 7.02. The highest BCUT2D eigenvalue weighted by Gasteiger charge is 2.44. The van der Waals surface area contributed by atoms with E-state index in [0.717, 1.165) is 30.8 Å². The largest absolute Gasteiger partial charge is 0.468 e. The Balaban J connectivity index is 1.35. The molecule has 132 valence electrons. The van der Waals surface area contributed by atoms with Gasteiger partial charge in [-0.3, -0.25) is 9.69 Å². The maximum absolute atomic E-state index is 13.0. The third-order valence-corrected chi connectivity index (χ3v) is 5.35. The fourth-order valence-electron chi connectivity index (χ4n) is 3.84. The predicted molar refractivity (Wildman–Crippen MR) is 92.5 cm³/mol. The molecule has 2 heterocycles. The summed E-state index contributed by atoms with van der Waals surface area (Å²) in [5.74, 6) is 0.978. The Morgan fingerprint density at radius 1 is 1.24 bits per heavy atom. The molecule has 5 heteroatoms. The standard InChI is InChI=1S/C20H23FN2O2/c21-15-7-5-14(6-8-15)16-12-17(16)20(24)22-13-18(19-4-3-11-25-19)23-9-1-2-10-23/h3-8,11,16-18H,1-2,9-10,12-13H2,(H,22,24)/t16-,17-,18+/m0/s1. The highest BCUT2D eigenvalue weighted by molar-refractivity contribution is 5.82. The Morgan fingerprint density at radius 3 is 2.68 bits per heavy atom. The first kappa shape index (κ1) is 16.3. The quantitative estimate of drug-likeness (QED) is 0.874. The molecule has 2 fully saturated rings. The summed E-state index contributed by atoms with van der Waals surface area (Å²) >= 11 is 0. The zero-order chi connectivity index (χ0) is 17.2. The monoisotopic (exact) mass is 342 g/mol. The lowest BCUT2D eigenvalue weighted by molar-refractivity contribution is -0.122. The molecule has 1 aliphatic carbocycles. The van der Waals surface area contributed by atoms with Crippen molar-refractivity contribution in [2.75, 3.05) is 19.6 Å². The summed E-state index contributed by atoms with van der Waals surface area (Å²) in [5.41, 5.74) is 1.05. The number of amides is 1. The Labute approximate surface area is 147 Å². The lowest BCUT2D eigenvalue weighted by Crippen LogP contribution is -2.37. The fraction of sp³-hybridized carbons (Fsp3) is 0.450. The Morgan fingerprint density at radius 2 is 2.00 bits per heavy atom. The van der Waals surface area contributed by atoms with Crippen LogP contribution in [0.5, 0.6) is 0 Å². The SMILES string of the molecule is O=C(NC[C@H](c1ccco1)N1CCCC1)[C@H]1C[C@H]1c1ccc(F)cc1. The van der Waals surface area contributed by atoms with Crippen LogP contribution in [0.2, 0.25) is 0 Å². The molecule has 0 spiro atoms. The maximum atomic E-state index is 13.0. The lowest BCUT2D eigenvalue weighted by Gasteiger charge is -2.26. The van der Waals surface area contributed by atoms with Gasteiger partial charge >= 0.3 is 0 Å². The molecular weight excluding hydrogens is 319 g/mol. The second kappa shape index (κ2) is 7.00. The minimum Gasteiger partial charge on any atom is -0.468 e. The number of furan rings is 1. The zero-order valence-corrected chi connectivity index (χ0v) is 14.2. The van der Waals surface area contributed by atoms with E-state index in [0.29, 0.717) is 6.54 Å². The summed E-state index contributed by atoms with van der Waals surface area (Å²) in [6.45, 7) is 2.66. The Kier molecular flexibility index (Phi) is 4.57. The predicted octanol–water partition coefficient (Wildman–Crippen LogP) is 3.48. The van der Waals surface area contributed by atoms with E-state index in [-0.39, 0.29) is 29.6 Å². The molecule has 0 bridgehead atoms. The van der Waals surface area contributed by atoms with E-state index < -0.39 is 0 Å². The van der Waals surface area contributed by atoms with E-state index in [1.807, 2.05) is 12.1 Å². The van der Waals surface area contributed by atoms with Gasteiger partial charge in [0.15, 0.2) is 0 Å². The number of hydrogen-bond donors (Lipinski definition) is 1. The molecule has 0 radical (unpaired) electrons. The van der Waals surface area contributed by atoms with Crippen molar-refractivity contribution in [3.8, 4) is 0 Å². The van der Waals surface area contributed by atoms with Crippen molar-refractivity contribution in [2.45, 2.75) is 31.2 Å². The van der Waals surface area contributed by atoms with Crippen LogP contribution in [0.15, 0.2) is 47.1 Å². The van der Waals surface area contributed by atoms with Crippen molar-refractivity contribution in [3.05, 3.63) is 59.8 Å². The summed E-state index contributed by atoms with van der Waals surface area (Å²) in [4.78, 5) is 14.9. The summed E-state index contributed by atoms with van der Waals surface area (Å²) in [7, 11) is 0. The maximum Gasteiger partial charge on any atom is 0.223 e. The molecule has 2 aromatic rings. The minimum atomic E-state index is -0.239. The van der Waals surface area contributed by atoms with Crippen molar-refractivity contribution >= 4 is 5.91 Å². The smallest absolute Gasteiger partial charge is 0.223 e. The number of halogens is 1. The van der Waals surface area contributed by atoms with Crippen LogP contribution >= 0.6 is 0 Å². The molecule has 1 N–H and O–H groups in total. The minimum absolute atomic E-state index is 0.00119. The van der Waals surface area contributed by atoms with Gasteiger partial charge in [0, 0.05) is 12.5 Å². The molecule has 3 atom stereocenters. The highest BCUT2D eigenvalue weighted by Crippen LogP contribution is 2.47. The molecule has 4 nitrogen and oxygen atoms in total. The number of carbonyl (C=O) groups excluding carboxylic acids is 1. The van der Waals surface area contributed by atoms with Gasteiger partial charge in [-0.25, -0.2) is 4.39 Å². The molecule has 4 rings (SSSR count). The average molecular weight is 342 g/mol. The third kappa shape index (κ3) is 3.61. The van der Waals surface area contributed by atoms with Crippen LogP contribution in [-0.4, -0.2) is 30.4 Å². The number of carbonyl (C=O) groups is 1. The first-order valence-corrected chi connectivity index (χ1v) is 9.03. The van der Waals surface area contributed by atoms with Gasteiger partial charge in [0.05, 0.1) is 12.3 Å². The van der Waals surface area contributed by atoms with Crippen molar-refractivity contribution in [2.24, 2.45) is 5.92 Å². The van der Waals surface area contributed by atoms with Crippen LogP contribution in [0.4, 0.5) is 4.39 Å². The van der Waals surface area contributed by atoms with Gasteiger partial charge in [-0.15, -0.1) is 0 Å². The summed E-state index contributed by atoms with van der Waals surface area (Å²) in [6, 6.07) is 10.5. The number of likely N-dealkylation sites (tertiary alicyclic amines) is 1. The molecular formula is C20H23FN2O2. The van der Waals surface area contributed by atoms with Gasteiger partial charge in [0.1, 0.15) is 11.6 Å². The van der Waals surface area contributed by atoms with Crippen molar-refractivity contribution < 1.29 is 13.6 Å². The molecule has 2 aliphatic rings. The molecule has 1 saturated heterocycles. The molecule has 25 heavy (non-hydrogen) atoms. The van der Waals surface area contributed by atoms with Crippen LogP contribution in [0, 0.1) is 11.7 Å². The van der Waals surface area contributed by atoms with E-state index in [9.17, 15) is 9.18 Å². The molecule has 0 unspecified atom stereocenters. The normalized spacial score (nSPS) is 24.2. The Hall–Kier alpha value is -2.14. The number of benzene rings is 1. The fourth-order valence-corrected chi connectivity index (χ4v) is 3.84. The number of nitrogens with zero attached hydrogens (tertiary/aromatic N) is 1. The van der Waals surface area contributed by atoms with Crippen molar-refractivity contribution in [1.29, 1.82) is 0 Å². The van der Waals surface area contributed by atoms with Crippen LogP contribution in [0.1, 0.15) is 42.5 Å². The first-order chi connectivity index (χ1) is 12.2. The van der Waals surface area contributed by atoms with Gasteiger partial charge in [-0.1, -0.05) is 12.1 Å². The first-order valence-electron chi connectivity index (χ1n) is 9.03. The molecule has 1 saturated carbocycles. The lowest BCUT2D eigenvalue weighted by atomic mass is 10.1. The van der Waals surface area contributed by atoms with Gasteiger partial charge in [-0.05, 0) is 68.1 Å². The third-order valence-electron chi connectivity index (χ3n) is 5.35. The molecule has 1 aromatic heterocycles. The van der Waals surface area contributed by atoms with E-state index in [1.54, 1.807) is 18.4 Å². The number of rotatable bonds is 6. The van der Waals surface area contributed by atoms with E-state index in [1.165, 1.54) is 25.0 Å². The van der Waals surface area contributed by atoms with Crippen LogP contribution in [-0.2, 0) is 4.79 Å². The highest BCUT2D eigenvalue weighted by atomic mass is 19.1. The topological polar surface area (TPSA) is 45.5 Å². The summed E-state index contributed by atoms with van der Waals surface area (Å²) in [5, 5.41) is 3.11. The van der Waals surface area contributed by atoms with Gasteiger partial charge < -0.3 is 9.73 Å². The van der Waals surface area contributed by atoms with Crippen molar-refractivity contribution in [3.63, 3.8) is 0 Å².